The number of aliphatic carboxylic acids is 1. The van der Waals surface area contributed by atoms with Gasteiger partial charge in [-0.1, -0.05) is 23.2 Å². The van der Waals surface area contributed by atoms with E-state index in [0.717, 1.165) is 0 Å². The van der Waals surface area contributed by atoms with Gasteiger partial charge in [0.25, 0.3) is 0 Å². The Morgan fingerprint density at radius 1 is 1.40 bits per heavy atom. The van der Waals surface area contributed by atoms with E-state index in [1.807, 2.05) is 0 Å². The van der Waals surface area contributed by atoms with E-state index in [-0.39, 0.29) is 21.4 Å². The molecule has 4 nitrogen and oxygen atoms in total. The van der Waals surface area contributed by atoms with Crippen LogP contribution in [0.2, 0.25) is 10.0 Å². The lowest BCUT2D eigenvalue weighted by atomic mass is 10.2. The fourth-order valence-corrected chi connectivity index (χ4v) is 1.46. The molecule has 0 radical (unpaired) electrons. The summed E-state index contributed by atoms with van der Waals surface area (Å²) in [4.78, 5) is 20.7. The van der Waals surface area contributed by atoms with Crippen LogP contribution in [0, 0.1) is 0 Å². The van der Waals surface area contributed by atoms with E-state index in [0.29, 0.717) is 6.29 Å². The summed E-state index contributed by atoms with van der Waals surface area (Å²) in [6, 6.07) is 2.67. The van der Waals surface area contributed by atoms with Gasteiger partial charge in [-0.3, -0.25) is 4.79 Å². The summed E-state index contributed by atoms with van der Waals surface area (Å²) in [7, 11) is 0. The molecular weight excluding hydrogens is 243 g/mol. The second kappa shape index (κ2) is 5.00. The van der Waals surface area contributed by atoms with Crippen molar-refractivity contribution in [2.24, 2.45) is 0 Å². The van der Waals surface area contributed by atoms with Crippen molar-refractivity contribution in [1.82, 2.24) is 0 Å². The van der Waals surface area contributed by atoms with Crippen molar-refractivity contribution >= 4 is 35.5 Å². The van der Waals surface area contributed by atoms with Gasteiger partial charge < -0.3 is 9.84 Å². The number of rotatable bonds is 4. The highest BCUT2D eigenvalue weighted by atomic mass is 35.5. The highest BCUT2D eigenvalue weighted by Gasteiger charge is 2.08. The number of carboxylic acids is 1. The number of hydrogen-bond acceptors (Lipinski definition) is 3. The standard InChI is InChI=1S/C9H6Cl2O4/c10-7-1-5(15-4-9(13)14)2-8(11)6(7)3-12/h1-3H,4H2,(H,13,14). The third-order valence-corrected chi connectivity index (χ3v) is 2.16. The van der Waals surface area contributed by atoms with Crippen LogP contribution in [-0.4, -0.2) is 24.0 Å². The Morgan fingerprint density at radius 3 is 2.33 bits per heavy atom. The van der Waals surface area contributed by atoms with Crippen LogP contribution < -0.4 is 4.74 Å². The van der Waals surface area contributed by atoms with Crippen LogP contribution in [0.5, 0.6) is 5.75 Å². The number of carboxylic acid groups (broad SMARTS) is 1. The fraction of sp³-hybridized carbons (Fsp3) is 0.111. The van der Waals surface area contributed by atoms with Crippen LogP contribution in [0.3, 0.4) is 0 Å². The summed E-state index contributed by atoms with van der Waals surface area (Å²) in [5, 5.41) is 8.61. The molecule has 1 N–H and O–H groups in total. The lowest BCUT2D eigenvalue weighted by molar-refractivity contribution is -0.139. The van der Waals surface area contributed by atoms with E-state index in [4.69, 9.17) is 33.0 Å². The van der Waals surface area contributed by atoms with Crippen LogP contribution >= 0.6 is 23.2 Å². The van der Waals surface area contributed by atoms with Crippen LogP contribution in [0.25, 0.3) is 0 Å². The molecule has 0 aliphatic carbocycles. The van der Waals surface area contributed by atoms with Crippen LogP contribution in [-0.2, 0) is 4.79 Å². The fourth-order valence-electron chi connectivity index (χ4n) is 0.902. The number of benzene rings is 1. The van der Waals surface area contributed by atoms with Gasteiger partial charge in [0.2, 0.25) is 0 Å². The van der Waals surface area contributed by atoms with E-state index < -0.39 is 12.6 Å². The molecule has 80 valence electrons. The molecule has 0 bridgehead atoms. The molecule has 0 aliphatic rings. The topological polar surface area (TPSA) is 63.6 Å². The average molecular weight is 249 g/mol. The molecular formula is C9H6Cl2O4. The van der Waals surface area contributed by atoms with Crippen molar-refractivity contribution in [3.8, 4) is 5.75 Å². The van der Waals surface area contributed by atoms with Gasteiger partial charge in [0, 0.05) is 0 Å². The molecule has 0 spiro atoms. The molecule has 1 rings (SSSR count). The highest BCUT2D eigenvalue weighted by molar-refractivity contribution is 6.38. The molecule has 1 aromatic carbocycles. The van der Waals surface area contributed by atoms with Gasteiger partial charge in [0.05, 0.1) is 15.6 Å². The molecule has 0 atom stereocenters. The molecule has 0 aliphatic heterocycles. The average Bonchev–Trinajstić information content (AvgIpc) is 2.14. The molecule has 0 heterocycles. The number of hydrogen-bond donors (Lipinski definition) is 1. The maximum Gasteiger partial charge on any atom is 0.341 e. The van der Waals surface area contributed by atoms with Gasteiger partial charge >= 0.3 is 5.97 Å². The minimum absolute atomic E-state index is 0.123. The summed E-state index contributed by atoms with van der Waals surface area (Å²) in [5.74, 6) is -0.903. The first-order valence-corrected chi connectivity index (χ1v) is 4.59. The SMILES string of the molecule is O=Cc1c(Cl)cc(OCC(=O)O)cc1Cl. The third kappa shape index (κ3) is 3.11. The molecule has 0 saturated carbocycles. The van der Waals surface area contributed by atoms with Crippen molar-refractivity contribution in [2.45, 2.75) is 0 Å². The van der Waals surface area contributed by atoms with Crippen molar-refractivity contribution in [3.05, 3.63) is 27.7 Å². The van der Waals surface area contributed by atoms with E-state index in [1.165, 1.54) is 12.1 Å². The molecule has 0 unspecified atom stereocenters. The molecule has 6 heteroatoms. The van der Waals surface area contributed by atoms with E-state index in [2.05, 4.69) is 0 Å². The summed E-state index contributed by atoms with van der Waals surface area (Å²) in [5.41, 5.74) is 0.154. The van der Waals surface area contributed by atoms with Crippen LogP contribution in [0.4, 0.5) is 0 Å². The van der Waals surface area contributed by atoms with E-state index in [9.17, 15) is 9.59 Å². The quantitative estimate of drug-likeness (QED) is 0.831. The Labute approximate surface area is 95.4 Å². The maximum absolute atomic E-state index is 10.5. The van der Waals surface area contributed by atoms with Gasteiger partial charge in [0.1, 0.15) is 5.75 Å². The predicted molar refractivity (Wildman–Crippen MR) is 55.0 cm³/mol. The largest absolute Gasteiger partial charge is 0.482 e. The summed E-state index contributed by atoms with van der Waals surface area (Å²) < 4.78 is 4.84. The van der Waals surface area contributed by atoms with Crippen molar-refractivity contribution in [1.29, 1.82) is 0 Å². The number of carbonyl (C=O) groups excluding carboxylic acids is 1. The van der Waals surface area contributed by atoms with Gasteiger partial charge in [-0.15, -0.1) is 0 Å². The van der Waals surface area contributed by atoms with Crippen molar-refractivity contribution in [3.63, 3.8) is 0 Å². The normalized spacial score (nSPS) is 9.73. The molecule has 0 amide bonds. The number of carbonyl (C=O) groups is 2. The second-order valence-electron chi connectivity index (χ2n) is 2.60. The number of halogens is 2. The Bertz CT molecular complexity index is 380. The monoisotopic (exact) mass is 248 g/mol. The first-order chi connectivity index (χ1) is 7.04. The summed E-state index contributed by atoms with van der Waals surface area (Å²) in [6.45, 7) is -0.493. The lowest BCUT2D eigenvalue weighted by Crippen LogP contribution is -2.09. The highest BCUT2D eigenvalue weighted by Crippen LogP contribution is 2.28. The van der Waals surface area contributed by atoms with Gasteiger partial charge in [0.15, 0.2) is 12.9 Å². The van der Waals surface area contributed by atoms with Gasteiger partial charge in [-0.25, -0.2) is 4.79 Å². The first-order valence-electron chi connectivity index (χ1n) is 3.83. The Morgan fingerprint density at radius 2 is 1.93 bits per heavy atom. The third-order valence-electron chi connectivity index (χ3n) is 1.53. The summed E-state index contributed by atoms with van der Waals surface area (Å²) in [6.07, 6.45) is 0.519. The molecule has 0 fully saturated rings. The van der Waals surface area contributed by atoms with Crippen molar-refractivity contribution in [2.75, 3.05) is 6.61 Å². The maximum atomic E-state index is 10.5. The molecule has 15 heavy (non-hydrogen) atoms. The smallest absolute Gasteiger partial charge is 0.341 e. The van der Waals surface area contributed by atoms with Crippen molar-refractivity contribution < 1.29 is 19.4 Å². The molecule has 0 aromatic heterocycles. The lowest BCUT2D eigenvalue weighted by Gasteiger charge is -2.06. The zero-order chi connectivity index (χ0) is 11.4. The van der Waals surface area contributed by atoms with Crippen LogP contribution in [0.15, 0.2) is 12.1 Å². The molecule has 0 saturated heterocycles. The molecule has 1 aromatic rings. The minimum atomic E-state index is -1.11. The number of aldehydes is 1. The van der Waals surface area contributed by atoms with E-state index in [1.54, 1.807) is 0 Å². The zero-order valence-electron chi connectivity index (χ0n) is 7.37. The second-order valence-corrected chi connectivity index (χ2v) is 3.42. The first kappa shape index (κ1) is 11.8. The van der Waals surface area contributed by atoms with Gasteiger partial charge in [-0.05, 0) is 12.1 Å². The zero-order valence-corrected chi connectivity index (χ0v) is 8.88. The Kier molecular flexibility index (Phi) is 3.94. The Hall–Kier alpha value is -1.26. The number of ether oxygens (including phenoxy) is 1. The van der Waals surface area contributed by atoms with E-state index >= 15 is 0 Å². The predicted octanol–water partition coefficient (Wildman–Crippen LogP) is 2.27. The van der Waals surface area contributed by atoms with Crippen LogP contribution in [0.1, 0.15) is 10.4 Å². The van der Waals surface area contributed by atoms with Gasteiger partial charge in [-0.2, -0.15) is 0 Å². The summed E-state index contributed by atoms with van der Waals surface area (Å²) >= 11 is 11.4. The minimum Gasteiger partial charge on any atom is -0.482 e. The Balaban J connectivity index is 2.93.